The highest BCUT2D eigenvalue weighted by atomic mass is 16.3. The molecule has 106 valence electrons. The van der Waals surface area contributed by atoms with Gasteiger partial charge in [-0.2, -0.15) is 0 Å². The maximum atomic E-state index is 11.0. The first-order valence-corrected chi connectivity index (χ1v) is 7.16. The molecule has 2 rings (SSSR count). The summed E-state index contributed by atoms with van der Waals surface area (Å²) in [4.78, 5) is 0. The lowest BCUT2D eigenvalue weighted by molar-refractivity contribution is 0.217. The Labute approximate surface area is 122 Å². The van der Waals surface area contributed by atoms with Crippen molar-refractivity contribution in [3.8, 4) is 0 Å². The van der Waals surface area contributed by atoms with E-state index < -0.39 is 6.10 Å². The fourth-order valence-electron chi connectivity index (χ4n) is 3.06. The summed E-state index contributed by atoms with van der Waals surface area (Å²) in [6.45, 7) is 12.6. The van der Waals surface area contributed by atoms with Gasteiger partial charge in [-0.3, -0.25) is 0 Å². The second-order valence-electron chi connectivity index (χ2n) is 5.88. The van der Waals surface area contributed by atoms with Crippen molar-refractivity contribution in [1.29, 1.82) is 0 Å². The molecule has 1 atom stereocenters. The quantitative estimate of drug-likeness (QED) is 0.842. The molecule has 0 saturated heterocycles. The molecule has 0 aliphatic carbocycles. The number of rotatable bonds is 2. The maximum Gasteiger partial charge on any atom is 0.105 e. The average molecular weight is 268 g/mol. The zero-order valence-corrected chi connectivity index (χ0v) is 13.3. The molecule has 0 fully saturated rings. The molecule has 1 nitrogen and oxygen atoms in total. The second-order valence-corrected chi connectivity index (χ2v) is 5.88. The van der Waals surface area contributed by atoms with Crippen LogP contribution in [-0.4, -0.2) is 5.11 Å². The zero-order valence-electron chi connectivity index (χ0n) is 13.3. The molecule has 0 bridgehead atoms. The molecular formula is C19H24O. The molecule has 0 aliphatic heterocycles. The van der Waals surface area contributed by atoms with Crippen LogP contribution >= 0.6 is 0 Å². The van der Waals surface area contributed by atoms with Crippen molar-refractivity contribution in [3.05, 3.63) is 68.8 Å². The molecule has 0 spiro atoms. The van der Waals surface area contributed by atoms with Crippen LogP contribution in [0.2, 0.25) is 0 Å². The summed E-state index contributed by atoms with van der Waals surface area (Å²) in [6, 6.07) is 8.38. The van der Waals surface area contributed by atoms with Crippen molar-refractivity contribution in [2.75, 3.05) is 0 Å². The third-order valence-electron chi connectivity index (χ3n) is 4.51. The lowest BCUT2D eigenvalue weighted by atomic mass is 9.85. The number of aliphatic hydroxyl groups excluding tert-OH is 1. The van der Waals surface area contributed by atoms with E-state index in [4.69, 9.17) is 0 Å². The average Bonchev–Trinajstić information content (AvgIpc) is 2.36. The van der Waals surface area contributed by atoms with Gasteiger partial charge in [-0.05, 0) is 86.1 Å². The molecule has 2 aromatic rings. The topological polar surface area (TPSA) is 20.2 Å². The summed E-state index contributed by atoms with van der Waals surface area (Å²) < 4.78 is 0. The van der Waals surface area contributed by atoms with E-state index in [-0.39, 0.29) is 0 Å². The number of hydrogen-bond donors (Lipinski definition) is 1. The monoisotopic (exact) mass is 268 g/mol. The highest BCUT2D eigenvalue weighted by Gasteiger charge is 2.20. The fourth-order valence-corrected chi connectivity index (χ4v) is 3.06. The van der Waals surface area contributed by atoms with Crippen molar-refractivity contribution in [1.82, 2.24) is 0 Å². The van der Waals surface area contributed by atoms with Crippen LogP contribution in [0.1, 0.15) is 50.6 Å². The van der Waals surface area contributed by atoms with Gasteiger partial charge in [0.05, 0.1) is 0 Å². The van der Waals surface area contributed by atoms with Crippen molar-refractivity contribution in [2.45, 2.75) is 47.6 Å². The minimum atomic E-state index is -0.546. The molecule has 2 aromatic carbocycles. The highest BCUT2D eigenvalue weighted by molar-refractivity contribution is 5.50. The van der Waals surface area contributed by atoms with Gasteiger partial charge in [-0.25, -0.2) is 0 Å². The van der Waals surface area contributed by atoms with E-state index in [1.807, 2.05) is 6.07 Å². The first-order chi connectivity index (χ1) is 9.34. The minimum absolute atomic E-state index is 0.546. The van der Waals surface area contributed by atoms with Gasteiger partial charge in [-0.15, -0.1) is 0 Å². The van der Waals surface area contributed by atoms with Gasteiger partial charge < -0.3 is 5.11 Å². The summed E-state index contributed by atoms with van der Waals surface area (Å²) >= 11 is 0. The molecule has 0 aliphatic rings. The Balaban J connectivity index is 2.69. The molecule has 0 aromatic heterocycles. The second kappa shape index (κ2) is 5.41. The van der Waals surface area contributed by atoms with E-state index in [1.54, 1.807) is 0 Å². The van der Waals surface area contributed by atoms with Gasteiger partial charge in [0, 0.05) is 0 Å². The summed E-state index contributed by atoms with van der Waals surface area (Å²) in [6.07, 6.45) is -0.546. The van der Waals surface area contributed by atoms with Crippen LogP contribution in [0.4, 0.5) is 0 Å². The Morgan fingerprint density at radius 2 is 1.15 bits per heavy atom. The van der Waals surface area contributed by atoms with Gasteiger partial charge >= 0.3 is 0 Å². The fraction of sp³-hybridized carbons (Fsp3) is 0.368. The molecule has 0 radical (unpaired) electrons. The number of hydrogen-bond acceptors (Lipinski definition) is 1. The van der Waals surface area contributed by atoms with Crippen LogP contribution in [0.3, 0.4) is 0 Å². The summed E-state index contributed by atoms with van der Waals surface area (Å²) in [5.41, 5.74) is 9.29. The molecule has 1 unspecified atom stereocenters. The van der Waals surface area contributed by atoms with Gasteiger partial charge in [0.15, 0.2) is 0 Å². The van der Waals surface area contributed by atoms with E-state index in [2.05, 4.69) is 59.7 Å². The molecular weight excluding hydrogens is 244 g/mol. The highest BCUT2D eigenvalue weighted by Crippen LogP contribution is 2.34. The van der Waals surface area contributed by atoms with Gasteiger partial charge in [0.1, 0.15) is 6.10 Å². The lowest BCUT2D eigenvalue weighted by Crippen LogP contribution is -2.10. The third-order valence-corrected chi connectivity index (χ3v) is 4.51. The van der Waals surface area contributed by atoms with E-state index in [9.17, 15) is 5.11 Å². The molecule has 0 amide bonds. The summed E-state index contributed by atoms with van der Waals surface area (Å²) in [7, 11) is 0. The maximum absolute atomic E-state index is 11.0. The predicted molar refractivity (Wildman–Crippen MR) is 85.4 cm³/mol. The Morgan fingerprint density at radius 1 is 0.700 bits per heavy atom. The van der Waals surface area contributed by atoms with Crippen LogP contribution in [-0.2, 0) is 0 Å². The number of aliphatic hydroxyl groups is 1. The van der Waals surface area contributed by atoms with Gasteiger partial charge in [-0.1, -0.05) is 24.3 Å². The van der Waals surface area contributed by atoms with Crippen molar-refractivity contribution < 1.29 is 5.11 Å². The molecule has 0 heterocycles. The van der Waals surface area contributed by atoms with Crippen LogP contribution in [0, 0.1) is 41.5 Å². The molecule has 1 N–H and O–H groups in total. The molecule has 0 saturated carbocycles. The van der Waals surface area contributed by atoms with Crippen LogP contribution in [0.5, 0.6) is 0 Å². The Hall–Kier alpha value is -1.60. The largest absolute Gasteiger partial charge is 0.384 e. The Kier molecular flexibility index (Phi) is 4.01. The predicted octanol–water partition coefficient (Wildman–Crippen LogP) is 4.62. The third kappa shape index (κ3) is 2.38. The molecule has 20 heavy (non-hydrogen) atoms. The standard InChI is InChI=1S/C19H24O/c1-11-8-7-9-12(2)17(11)19(20)18-15(5)13(3)10-14(4)16(18)6/h7-10,19-20H,1-6H3. The molecule has 1 heteroatoms. The Bertz CT molecular complexity index is 607. The van der Waals surface area contributed by atoms with Crippen LogP contribution in [0.25, 0.3) is 0 Å². The minimum Gasteiger partial charge on any atom is -0.384 e. The smallest absolute Gasteiger partial charge is 0.105 e. The summed E-state index contributed by atoms with van der Waals surface area (Å²) in [5, 5.41) is 11.0. The van der Waals surface area contributed by atoms with E-state index in [0.29, 0.717) is 0 Å². The van der Waals surface area contributed by atoms with Crippen molar-refractivity contribution in [2.24, 2.45) is 0 Å². The Morgan fingerprint density at radius 3 is 1.60 bits per heavy atom. The van der Waals surface area contributed by atoms with Crippen LogP contribution in [0.15, 0.2) is 24.3 Å². The first-order valence-electron chi connectivity index (χ1n) is 7.16. The number of benzene rings is 2. The van der Waals surface area contributed by atoms with Crippen LogP contribution < -0.4 is 0 Å². The van der Waals surface area contributed by atoms with Gasteiger partial charge in [0.25, 0.3) is 0 Å². The van der Waals surface area contributed by atoms with E-state index in [0.717, 1.165) is 22.3 Å². The first kappa shape index (κ1) is 14.8. The van der Waals surface area contributed by atoms with E-state index in [1.165, 1.54) is 22.3 Å². The van der Waals surface area contributed by atoms with Crippen molar-refractivity contribution >= 4 is 0 Å². The lowest BCUT2D eigenvalue weighted by Gasteiger charge is -2.23. The van der Waals surface area contributed by atoms with E-state index >= 15 is 0 Å². The number of aryl methyl sites for hydroxylation is 4. The van der Waals surface area contributed by atoms with Gasteiger partial charge in [0.2, 0.25) is 0 Å². The summed E-state index contributed by atoms with van der Waals surface area (Å²) in [5.74, 6) is 0. The SMILES string of the molecule is Cc1cc(C)c(C)c(C(O)c2c(C)cccc2C)c1C. The van der Waals surface area contributed by atoms with Crippen molar-refractivity contribution in [3.63, 3.8) is 0 Å². The normalized spacial score (nSPS) is 12.6. The zero-order chi connectivity index (χ0) is 15.0.